The molecule has 8 N–H and O–H groups in total. The number of anilines is 4. The average Bonchev–Trinajstić information content (AvgIpc) is 3.04. The molecule has 0 bridgehead atoms. The first kappa shape index (κ1) is 30.6. The highest BCUT2D eigenvalue weighted by Gasteiger charge is 2.16. The number of nitrogens with two attached hydrogens (primary N) is 2. The van der Waals surface area contributed by atoms with E-state index in [4.69, 9.17) is 25.7 Å². The fraction of sp³-hybridized carbons (Fsp3) is 0.190. The van der Waals surface area contributed by atoms with Crippen molar-refractivity contribution < 1.29 is 40.6 Å². The average molecular weight is 588 g/mol. The van der Waals surface area contributed by atoms with E-state index in [0.29, 0.717) is 39.8 Å². The van der Waals surface area contributed by atoms with E-state index in [1.54, 1.807) is 14.0 Å². The molecule has 38 heavy (non-hydrogen) atoms. The molecule has 1 aromatic heterocycles. The maximum absolute atomic E-state index is 11.1. The smallest absolute Gasteiger partial charge is 0.304 e. The van der Waals surface area contributed by atoms with Crippen LogP contribution in [0.15, 0.2) is 51.1 Å². The number of benzene rings is 2. The van der Waals surface area contributed by atoms with Crippen molar-refractivity contribution in [3.63, 3.8) is 0 Å². The standard InChI is InChI=1S/C12H14N4O4S.C9H11NO5S2/c1-7-11(13)12(16(2)15-7)14-10-4-3-9(21(18,19)20)5-8(10)6-17;10-7-5-6(16-4-3-9(11)12)1-2-8(7)17(13,14)15/h3-6,14H,13H2,1-2H3,(H,18,19,20);1-2,5H,3-4,10H2,(H,11,12)(H,13,14,15). The molecule has 1 heterocycles. The fourth-order valence-electron chi connectivity index (χ4n) is 2.97. The van der Waals surface area contributed by atoms with Crippen molar-refractivity contribution in [1.82, 2.24) is 9.78 Å². The first-order valence-electron chi connectivity index (χ1n) is 10.4. The number of rotatable bonds is 9. The Hall–Kier alpha value is -3.64. The lowest BCUT2D eigenvalue weighted by Crippen LogP contribution is -2.05. The second kappa shape index (κ2) is 12.3. The van der Waals surface area contributed by atoms with Gasteiger partial charge in [-0.05, 0) is 43.3 Å². The van der Waals surface area contributed by atoms with Gasteiger partial charge in [0.15, 0.2) is 12.1 Å². The summed E-state index contributed by atoms with van der Waals surface area (Å²) in [5.74, 6) is -0.0600. The lowest BCUT2D eigenvalue weighted by atomic mass is 10.2. The molecule has 3 rings (SSSR count). The van der Waals surface area contributed by atoms with E-state index in [1.807, 2.05) is 0 Å². The lowest BCUT2D eigenvalue weighted by Gasteiger charge is -2.10. The number of hydrogen-bond donors (Lipinski definition) is 6. The summed E-state index contributed by atoms with van der Waals surface area (Å²) < 4.78 is 63.2. The Kier molecular flexibility index (Phi) is 9.87. The van der Waals surface area contributed by atoms with Crippen LogP contribution in [0.5, 0.6) is 0 Å². The van der Waals surface area contributed by atoms with Crippen LogP contribution < -0.4 is 16.8 Å². The van der Waals surface area contributed by atoms with Gasteiger partial charge in [0.25, 0.3) is 20.2 Å². The fourth-order valence-corrected chi connectivity index (χ4v) is 4.97. The number of carbonyl (C=O) groups is 2. The van der Waals surface area contributed by atoms with E-state index in [9.17, 15) is 26.4 Å². The molecule has 0 spiro atoms. The third-order valence-corrected chi connectivity index (χ3v) is 7.59. The molecule has 0 amide bonds. The number of aliphatic carboxylic acids is 1. The number of hydrogen-bond acceptors (Lipinski definition) is 11. The minimum atomic E-state index is -4.37. The Morgan fingerprint density at radius 2 is 1.76 bits per heavy atom. The summed E-state index contributed by atoms with van der Waals surface area (Å²) in [5, 5.41) is 15.5. The molecule has 17 heteroatoms. The molecule has 14 nitrogen and oxygen atoms in total. The number of nitrogens with one attached hydrogen (secondary N) is 1. The van der Waals surface area contributed by atoms with Crippen LogP contribution in [-0.2, 0) is 32.1 Å². The van der Waals surface area contributed by atoms with Gasteiger partial charge in [-0.25, -0.2) is 0 Å². The molecule has 0 saturated carbocycles. The Morgan fingerprint density at radius 1 is 1.11 bits per heavy atom. The van der Waals surface area contributed by atoms with Gasteiger partial charge in [-0.2, -0.15) is 21.9 Å². The van der Waals surface area contributed by atoms with E-state index in [0.717, 1.165) is 6.07 Å². The zero-order valence-corrected chi connectivity index (χ0v) is 22.5. The summed E-state index contributed by atoms with van der Waals surface area (Å²) >= 11 is 1.24. The van der Waals surface area contributed by atoms with E-state index in [1.165, 1.54) is 46.8 Å². The molecule has 0 aliphatic heterocycles. The molecule has 0 radical (unpaired) electrons. The summed E-state index contributed by atoms with van der Waals surface area (Å²) in [6.07, 6.45) is 0.487. The number of nitrogen functional groups attached to an aromatic ring is 2. The van der Waals surface area contributed by atoms with Crippen LogP contribution in [-0.4, -0.2) is 58.8 Å². The molecule has 0 saturated heterocycles. The molecular weight excluding hydrogens is 562 g/mol. The first-order valence-corrected chi connectivity index (χ1v) is 14.3. The summed E-state index contributed by atoms with van der Waals surface area (Å²) in [4.78, 5) is 21.3. The third kappa shape index (κ3) is 8.18. The van der Waals surface area contributed by atoms with Crippen molar-refractivity contribution in [2.75, 3.05) is 22.5 Å². The molecule has 0 unspecified atom stereocenters. The van der Waals surface area contributed by atoms with Crippen LogP contribution in [0.2, 0.25) is 0 Å². The Morgan fingerprint density at radius 3 is 2.24 bits per heavy atom. The number of thioether (sulfide) groups is 1. The van der Waals surface area contributed by atoms with Gasteiger partial charge in [-0.1, -0.05) is 0 Å². The number of carboxylic acid groups (broad SMARTS) is 1. The van der Waals surface area contributed by atoms with Gasteiger partial charge in [0.05, 0.1) is 34.1 Å². The van der Waals surface area contributed by atoms with Gasteiger partial charge in [-0.3, -0.25) is 23.4 Å². The van der Waals surface area contributed by atoms with Gasteiger partial charge in [0.2, 0.25) is 0 Å². The van der Waals surface area contributed by atoms with Crippen LogP contribution in [0.3, 0.4) is 0 Å². The minimum Gasteiger partial charge on any atom is -0.481 e. The molecule has 0 aliphatic carbocycles. The second-order valence-electron chi connectivity index (χ2n) is 7.61. The normalized spacial score (nSPS) is 11.4. The van der Waals surface area contributed by atoms with Gasteiger partial charge in [0, 0.05) is 23.3 Å². The highest BCUT2D eigenvalue weighted by atomic mass is 32.2. The molecule has 3 aromatic rings. The van der Waals surface area contributed by atoms with Crippen LogP contribution in [0, 0.1) is 6.92 Å². The summed E-state index contributed by atoms with van der Waals surface area (Å²) in [7, 11) is -7.00. The lowest BCUT2D eigenvalue weighted by molar-refractivity contribution is -0.136. The number of aromatic nitrogens is 2. The quantitative estimate of drug-likeness (QED) is 0.0909. The highest BCUT2D eigenvalue weighted by molar-refractivity contribution is 7.99. The van der Waals surface area contributed by atoms with Crippen molar-refractivity contribution in [2.24, 2.45) is 7.05 Å². The molecular formula is C21H25N5O9S3. The number of carboxylic acids is 1. The van der Waals surface area contributed by atoms with Gasteiger partial charge >= 0.3 is 5.97 Å². The van der Waals surface area contributed by atoms with Crippen LogP contribution in [0.25, 0.3) is 0 Å². The van der Waals surface area contributed by atoms with E-state index < -0.39 is 26.2 Å². The largest absolute Gasteiger partial charge is 0.481 e. The zero-order valence-electron chi connectivity index (χ0n) is 20.0. The summed E-state index contributed by atoms with van der Waals surface area (Å²) in [6, 6.07) is 7.66. The van der Waals surface area contributed by atoms with Crippen molar-refractivity contribution >= 4 is 67.1 Å². The maximum atomic E-state index is 11.1. The van der Waals surface area contributed by atoms with Crippen molar-refractivity contribution in [3.8, 4) is 0 Å². The second-order valence-corrected chi connectivity index (χ2v) is 11.6. The van der Waals surface area contributed by atoms with E-state index >= 15 is 0 Å². The molecule has 2 aromatic carbocycles. The van der Waals surface area contributed by atoms with Crippen LogP contribution >= 0.6 is 11.8 Å². The van der Waals surface area contributed by atoms with Crippen molar-refractivity contribution in [1.29, 1.82) is 0 Å². The Labute approximate surface area is 222 Å². The van der Waals surface area contributed by atoms with Crippen molar-refractivity contribution in [3.05, 3.63) is 47.7 Å². The topological polar surface area (TPSA) is 245 Å². The van der Waals surface area contributed by atoms with Crippen LogP contribution in [0.1, 0.15) is 22.5 Å². The zero-order chi connectivity index (χ0) is 28.8. The number of carbonyl (C=O) groups excluding carboxylic acids is 1. The SMILES string of the molecule is Cc1nn(C)c(Nc2ccc(S(=O)(=O)O)cc2C=O)c1N.Nc1cc(SCCC(=O)O)ccc1S(=O)(=O)O. The predicted octanol–water partition coefficient (Wildman–Crippen LogP) is 2.20. The Bertz CT molecular complexity index is 1570. The van der Waals surface area contributed by atoms with Crippen LogP contribution in [0.4, 0.5) is 22.9 Å². The molecule has 0 atom stereocenters. The third-order valence-electron chi connectivity index (χ3n) is 4.81. The maximum Gasteiger partial charge on any atom is 0.304 e. The Balaban J connectivity index is 0.000000273. The monoisotopic (exact) mass is 587 g/mol. The molecule has 0 fully saturated rings. The first-order chi connectivity index (χ1) is 17.5. The van der Waals surface area contributed by atoms with Crippen molar-refractivity contribution in [2.45, 2.75) is 28.0 Å². The van der Waals surface area contributed by atoms with Gasteiger partial charge in [0.1, 0.15) is 4.90 Å². The highest BCUT2D eigenvalue weighted by Crippen LogP contribution is 2.28. The van der Waals surface area contributed by atoms with E-state index in [2.05, 4.69) is 10.4 Å². The van der Waals surface area contributed by atoms with Gasteiger partial charge < -0.3 is 21.9 Å². The summed E-state index contributed by atoms with van der Waals surface area (Å²) in [5.41, 5.74) is 12.8. The number of aldehydes is 1. The number of nitrogens with zero attached hydrogens (tertiary/aromatic N) is 2. The number of aryl methyl sites for hydroxylation is 2. The molecule has 0 aliphatic rings. The molecule has 206 valence electrons. The van der Waals surface area contributed by atoms with Gasteiger partial charge in [-0.15, -0.1) is 11.8 Å². The predicted molar refractivity (Wildman–Crippen MR) is 141 cm³/mol. The minimum absolute atomic E-state index is 0.00458. The van der Waals surface area contributed by atoms with E-state index in [-0.39, 0.29) is 27.5 Å². The summed E-state index contributed by atoms with van der Waals surface area (Å²) in [6.45, 7) is 1.74.